The molecule has 1 spiro atoms. The van der Waals surface area contributed by atoms with Gasteiger partial charge in [-0.25, -0.2) is 0 Å². The van der Waals surface area contributed by atoms with E-state index in [1.807, 2.05) is 26.8 Å². The molecule has 1 aromatic carbocycles. The molecular weight excluding hydrogens is 536 g/mol. The smallest absolute Gasteiger partial charge is 0.311 e. The summed E-state index contributed by atoms with van der Waals surface area (Å²) in [4.78, 5) is 45.8. The zero-order chi connectivity index (χ0) is 28.5. The van der Waals surface area contributed by atoms with Crippen LogP contribution in [0.1, 0.15) is 46.5 Å². The first kappa shape index (κ1) is 29.7. The number of benzene rings is 1. The number of anilines is 1. The van der Waals surface area contributed by atoms with Crippen molar-refractivity contribution in [1.29, 1.82) is 0 Å². The maximum absolute atomic E-state index is 14.7. The van der Waals surface area contributed by atoms with Crippen LogP contribution in [-0.2, 0) is 19.1 Å². The fourth-order valence-corrected chi connectivity index (χ4v) is 9.32. The van der Waals surface area contributed by atoms with E-state index >= 15 is 0 Å². The predicted octanol–water partition coefficient (Wildman–Crippen LogP) is 4.87. The van der Waals surface area contributed by atoms with Crippen LogP contribution in [0.3, 0.4) is 0 Å². The van der Waals surface area contributed by atoms with Crippen molar-refractivity contribution < 1.29 is 24.2 Å². The lowest BCUT2D eigenvalue weighted by Gasteiger charge is -2.41. The van der Waals surface area contributed by atoms with Gasteiger partial charge in [0.1, 0.15) is 6.04 Å². The first-order valence-corrected chi connectivity index (χ1v) is 14.9. The number of thioether (sulfide) groups is 1. The minimum absolute atomic E-state index is 0.0616. The molecule has 0 aliphatic carbocycles. The number of hydrogen-bond donors (Lipinski definition) is 1. The average molecular weight is 575 g/mol. The van der Waals surface area contributed by atoms with E-state index < -0.39 is 39.4 Å². The fourth-order valence-electron chi connectivity index (χ4n) is 6.76. The van der Waals surface area contributed by atoms with Crippen molar-refractivity contribution in [1.82, 2.24) is 4.90 Å². The van der Waals surface area contributed by atoms with Crippen molar-refractivity contribution in [2.75, 3.05) is 24.7 Å². The number of ether oxygens (including phenoxy) is 1. The van der Waals surface area contributed by atoms with Gasteiger partial charge in [0.2, 0.25) is 5.91 Å². The Kier molecular flexibility index (Phi) is 8.89. The molecule has 1 aromatic rings. The molecule has 2 bridgehead atoms. The number of hydrogen-bond acceptors (Lipinski definition) is 6. The van der Waals surface area contributed by atoms with Gasteiger partial charge in [0, 0.05) is 11.3 Å². The largest absolute Gasteiger partial charge is 0.465 e. The summed E-state index contributed by atoms with van der Waals surface area (Å²) in [6.45, 7) is 13.6. The summed E-state index contributed by atoms with van der Waals surface area (Å²) in [5, 5.41) is 11.0. The Hall–Kier alpha value is -2.29. The molecule has 9 heteroatoms. The number of fused-ring (bicyclic) bond motifs is 1. The zero-order valence-electron chi connectivity index (χ0n) is 23.0. The molecule has 1 N–H and O–H groups in total. The van der Waals surface area contributed by atoms with Crippen molar-refractivity contribution in [3.8, 4) is 0 Å². The number of likely N-dealkylation sites (tertiary alicyclic amines) is 1. The SMILES string of the molecule is C=CCCOC(=O)[C@H]1[C@H]2C(=O)N([C@@H](CO)[C@@H](C)CC)C(C(=O)N(CC=C)c3ccccc3Cl)C23CC[C@]1(C)S3. The number of rotatable bonds is 12. The Morgan fingerprint density at radius 1 is 1.31 bits per heavy atom. The number of carbonyl (C=O) groups excluding carboxylic acids is 3. The molecule has 2 amide bonds. The molecule has 3 saturated heterocycles. The monoisotopic (exact) mass is 574 g/mol. The average Bonchev–Trinajstić information content (AvgIpc) is 3.49. The van der Waals surface area contributed by atoms with E-state index in [0.717, 1.165) is 0 Å². The minimum Gasteiger partial charge on any atom is -0.465 e. The quantitative estimate of drug-likeness (QED) is 0.218. The van der Waals surface area contributed by atoms with Gasteiger partial charge in [0.15, 0.2) is 0 Å². The summed E-state index contributed by atoms with van der Waals surface area (Å²) < 4.78 is 4.27. The lowest BCUT2D eigenvalue weighted by Crippen LogP contribution is -2.58. The third kappa shape index (κ3) is 4.82. The van der Waals surface area contributed by atoms with Crippen molar-refractivity contribution in [2.24, 2.45) is 17.8 Å². The lowest BCUT2D eigenvalue weighted by atomic mass is 9.66. The highest BCUT2D eigenvalue weighted by Crippen LogP contribution is 2.72. The summed E-state index contributed by atoms with van der Waals surface area (Å²) in [6.07, 6.45) is 5.85. The van der Waals surface area contributed by atoms with Crippen molar-refractivity contribution in [3.63, 3.8) is 0 Å². The van der Waals surface area contributed by atoms with Gasteiger partial charge in [0.05, 0.1) is 46.5 Å². The topological polar surface area (TPSA) is 87.1 Å². The van der Waals surface area contributed by atoms with Gasteiger partial charge in [-0.2, -0.15) is 0 Å². The van der Waals surface area contributed by atoms with E-state index in [9.17, 15) is 19.5 Å². The van der Waals surface area contributed by atoms with Crippen LogP contribution < -0.4 is 4.90 Å². The van der Waals surface area contributed by atoms with Gasteiger partial charge < -0.3 is 19.6 Å². The molecule has 0 aromatic heterocycles. The molecule has 3 aliphatic rings. The minimum atomic E-state index is -0.879. The predicted molar refractivity (Wildman–Crippen MR) is 156 cm³/mol. The van der Waals surface area contributed by atoms with Gasteiger partial charge in [-0.3, -0.25) is 14.4 Å². The highest BCUT2D eigenvalue weighted by molar-refractivity contribution is 8.02. The molecule has 7 nitrogen and oxygen atoms in total. The van der Waals surface area contributed by atoms with E-state index in [1.165, 1.54) is 0 Å². The standard InChI is InChI=1S/C30H39ClN2O5S/c1-6-9-17-38-28(37)24-23-26(35)33(22(18-34)19(4)8-3)25(30(23)15-14-29(24,5)39-30)27(36)32(16-7-2)21-13-11-10-12-20(21)31/h6-7,10-13,19,22-25,34H,1-2,8-9,14-18H2,3-5H3/t19-,22-,23-,24+,25?,29-,30?/m0/s1. The number of aliphatic hydroxyl groups is 1. The van der Waals surface area contributed by atoms with Gasteiger partial charge >= 0.3 is 5.97 Å². The third-order valence-corrected chi connectivity index (χ3v) is 11.1. The molecule has 3 aliphatic heterocycles. The second-order valence-electron chi connectivity index (χ2n) is 11.0. The van der Waals surface area contributed by atoms with Crippen molar-refractivity contribution >= 4 is 46.8 Å². The van der Waals surface area contributed by atoms with Crippen LogP contribution in [0.2, 0.25) is 5.02 Å². The normalized spacial score (nSPS) is 30.5. The van der Waals surface area contributed by atoms with Crippen LogP contribution >= 0.6 is 23.4 Å². The Morgan fingerprint density at radius 2 is 2.03 bits per heavy atom. The van der Waals surface area contributed by atoms with Crippen LogP contribution in [0.4, 0.5) is 5.69 Å². The molecule has 7 atom stereocenters. The van der Waals surface area contributed by atoms with Gasteiger partial charge in [-0.1, -0.05) is 56.2 Å². The summed E-state index contributed by atoms with van der Waals surface area (Å²) in [6, 6.07) is 5.66. The number of nitrogens with zero attached hydrogens (tertiary/aromatic N) is 2. The Morgan fingerprint density at radius 3 is 2.64 bits per heavy atom. The van der Waals surface area contributed by atoms with E-state index in [-0.39, 0.29) is 37.5 Å². The number of halogens is 1. The number of esters is 1. The Balaban J connectivity index is 1.85. The fraction of sp³-hybridized carbons (Fsp3) is 0.567. The number of aliphatic hydroxyl groups excluding tert-OH is 1. The van der Waals surface area contributed by atoms with Crippen LogP contribution in [0.5, 0.6) is 0 Å². The van der Waals surface area contributed by atoms with Crippen LogP contribution in [0.15, 0.2) is 49.6 Å². The molecule has 4 rings (SSSR count). The zero-order valence-corrected chi connectivity index (χ0v) is 24.5. The van der Waals surface area contributed by atoms with Gasteiger partial charge in [0.25, 0.3) is 5.91 Å². The first-order valence-electron chi connectivity index (χ1n) is 13.7. The lowest BCUT2D eigenvalue weighted by molar-refractivity contribution is -0.156. The molecule has 3 heterocycles. The highest BCUT2D eigenvalue weighted by Gasteiger charge is 2.78. The molecule has 2 unspecified atom stereocenters. The maximum atomic E-state index is 14.7. The Labute approximate surface area is 240 Å². The molecular formula is C30H39ClN2O5S. The number of amides is 2. The summed E-state index contributed by atoms with van der Waals surface area (Å²) in [7, 11) is 0. The van der Waals surface area contributed by atoms with Gasteiger partial charge in [-0.15, -0.1) is 24.9 Å². The number of para-hydroxylation sites is 1. The van der Waals surface area contributed by atoms with Crippen LogP contribution in [0, 0.1) is 17.8 Å². The molecule has 212 valence electrons. The Bertz CT molecular complexity index is 1150. The molecule has 0 radical (unpaired) electrons. The van der Waals surface area contributed by atoms with Crippen molar-refractivity contribution in [2.45, 2.75) is 68.0 Å². The van der Waals surface area contributed by atoms with Gasteiger partial charge in [-0.05, 0) is 44.2 Å². The molecule has 3 fully saturated rings. The van der Waals surface area contributed by atoms with E-state index in [2.05, 4.69) is 13.2 Å². The van der Waals surface area contributed by atoms with E-state index in [4.69, 9.17) is 16.3 Å². The molecule has 0 saturated carbocycles. The second-order valence-corrected chi connectivity index (χ2v) is 13.3. The van der Waals surface area contributed by atoms with Crippen LogP contribution in [-0.4, -0.2) is 69.1 Å². The first-order chi connectivity index (χ1) is 18.6. The van der Waals surface area contributed by atoms with E-state index in [1.54, 1.807) is 51.9 Å². The summed E-state index contributed by atoms with van der Waals surface area (Å²) in [5.74, 6) is -2.41. The van der Waals surface area contributed by atoms with Crippen LogP contribution in [0.25, 0.3) is 0 Å². The maximum Gasteiger partial charge on any atom is 0.311 e. The molecule has 39 heavy (non-hydrogen) atoms. The summed E-state index contributed by atoms with van der Waals surface area (Å²) in [5.41, 5.74) is 0.532. The third-order valence-electron chi connectivity index (χ3n) is 8.83. The van der Waals surface area contributed by atoms with E-state index in [0.29, 0.717) is 36.4 Å². The summed E-state index contributed by atoms with van der Waals surface area (Å²) >= 11 is 8.13. The highest BCUT2D eigenvalue weighted by atomic mass is 35.5. The number of carbonyl (C=O) groups is 3. The van der Waals surface area contributed by atoms with Crippen molar-refractivity contribution in [3.05, 3.63) is 54.6 Å². The second kappa shape index (κ2) is 11.7.